The molecule has 1 heterocycles. The lowest BCUT2D eigenvalue weighted by Crippen LogP contribution is -2.09. The van der Waals surface area contributed by atoms with Crippen LogP contribution in [0.5, 0.6) is 0 Å². The first-order valence-electron chi connectivity index (χ1n) is 16.4. The largest absolute Gasteiger partial charge is 0.310 e. The Morgan fingerprint density at radius 2 is 0.812 bits per heavy atom. The van der Waals surface area contributed by atoms with Crippen LogP contribution in [-0.4, -0.2) is 4.57 Å². The average molecular weight is 613 g/mol. The summed E-state index contributed by atoms with van der Waals surface area (Å²) in [4.78, 5) is 2.36. The summed E-state index contributed by atoms with van der Waals surface area (Å²) in [6.07, 6.45) is 0. The summed E-state index contributed by atoms with van der Waals surface area (Å²) in [5.74, 6) is 0. The molecule has 1 aromatic heterocycles. The van der Waals surface area contributed by atoms with Gasteiger partial charge in [0, 0.05) is 33.5 Å². The van der Waals surface area contributed by atoms with Crippen molar-refractivity contribution >= 4 is 49.6 Å². The molecule has 0 aliphatic carbocycles. The summed E-state index contributed by atoms with van der Waals surface area (Å²) in [6.45, 7) is 0. The van der Waals surface area contributed by atoms with Gasteiger partial charge in [0.2, 0.25) is 0 Å². The second-order valence-electron chi connectivity index (χ2n) is 12.3. The number of aromatic nitrogens is 1. The van der Waals surface area contributed by atoms with E-state index in [0.717, 1.165) is 22.7 Å². The summed E-state index contributed by atoms with van der Waals surface area (Å²) in [7, 11) is 0. The first-order chi connectivity index (χ1) is 23.8. The Labute approximate surface area is 280 Å². The molecule has 0 fully saturated rings. The highest BCUT2D eigenvalue weighted by molar-refractivity contribution is 6.14. The summed E-state index contributed by atoms with van der Waals surface area (Å²) in [5.41, 5.74) is 11.8. The van der Waals surface area contributed by atoms with Crippen molar-refractivity contribution in [2.45, 2.75) is 0 Å². The van der Waals surface area contributed by atoms with Gasteiger partial charge in [0.05, 0.1) is 11.0 Å². The normalized spacial score (nSPS) is 11.3. The van der Waals surface area contributed by atoms with Crippen LogP contribution < -0.4 is 4.90 Å². The van der Waals surface area contributed by atoms with Gasteiger partial charge in [-0.3, -0.25) is 0 Å². The van der Waals surface area contributed by atoms with Gasteiger partial charge in [-0.25, -0.2) is 0 Å². The van der Waals surface area contributed by atoms with E-state index in [4.69, 9.17) is 0 Å². The van der Waals surface area contributed by atoms with Crippen molar-refractivity contribution in [3.05, 3.63) is 194 Å². The molecule has 226 valence electrons. The van der Waals surface area contributed by atoms with Crippen LogP contribution in [0.25, 0.3) is 60.5 Å². The first kappa shape index (κ1) is 27.9. The highest BCUT2D eigenvalue weighted by Crippen LogP contribution is 2.40. The predicted octanol–water partition coefficient (Wildman–Crippen LogP) is 12.7. The molecule has 0 N–H and O–H groups in total. The number of benzene rings is 8. The molecule has 0 aliphatic heterocycles. The van der Waals surface area contributed by atoms with Gasteiger partial charge in [-0.2, -0.15) is 0 Å². The predicted molar refractivity (Wildman–Crippen MR) is 204 cm³/mol. The van der Waals surface area contributed by atoms with Crippen molar-refractivity contribution in [2.75, 3.05) is 4.90 Å². The second-order valence-corrected chi connectivity index (χ2v) is 12.3. The molecule has 9 aromatic rings. The van der Waals surface area contributed by atoms with E-state index in [1.54, 1.807) is 0 Å². The van der Waals surface area contributed by atoms with E-state index >= 15 is 0 Å². The Morgan fingerprint density at radius 3 is 1.42 bits per heavy atom. The lowest BCUT2D eigenvalue weighted by atomic mass is 10.0. The van der Waals surface area contributed by atoms with Crippen molar-refractivity contribution in [2.24, 2.45) is 0 Å². The molecule has 0 spiro atoms. The van der Waals surface area contributed by atoms with Crippen molar-refractivity contribution in [1.29, 1.82) is 0 Å². The van der Waals surface area contributed by atoms with E-state index in [-0.39, 0.29) is 0 Å². The maximum Gasteiger partial charge on any atom is 0.0547 e. The third-order valence-corrected chi connectivity index (χ3v) is 9.35. The maximum atomic E-state index is 2.39. The number of hydrogen-bond donors (Lipinski definition) is 0. The molecule has 9 rings (SSSR count). The van der Waals surface area contributed by atoms with Crippen molar-refractivity contribution in [1.82, 2.24) is 4.57 Å². The number of anilines is 3. The number of nitrogens with zero attached hydrogens (tertiary/aromatic N) is 2. The van der Waals surface area contributed by atoms with Crippen LogP contribution in [0.4, 0.5) is 17.1 Å². The monoisotopic (exact) mass is 612 g/mol. The average Bonchev–Trinajstić information content (AvgIpc) is 3.48. The van der Waals surface area contributed by atoms with Crippen LogP contribution >= 0.6 is 0 Å². The van der Waals surface area contributed by atoms with E-state index in [0.29, 0.717) is 0 Å². The fraction of sp³-hybridized carbons (Fsp3) is 0. The van der Waals surface area contributed by atoms with Gasteiger partial charge in [-0.15, -0.1) is 0 Å². The van der Waals surface area contributed by atoms with Crippen molar-refractivity contribution in [3.8, 4) is 27.9 Å². The Morgan fingerprint density at radius 1 is 0.312 bits per heavy atom. The standard InChI is InChI=1S/C46H32N2/c1-4-12-33(13-5-1)35-20-25-40(26-21-35)47(41-27-22-36(23-28-41)34-14-6-2-7-15-34)42-29-24-37-31-44-43-18-10-11-19-45(43)48(39-16-8-3-9-17-39)46(44)32-38(37)30-42/h1-32H. The van der Waals surface area contributed by atoms with Gasteiger partial charge in [-0.1, -0.05) is 127 Å². The smallest absolute Gasteiger partial charge is 0.0547 e. The second kappa shape index (κ2) is 11.8. The summed E-state index contributed by atoms with van der Waals surface area (Å²) >= 11 is 0. The molecule has 2 nitrogen and oxygen atoms in total. The number of rotatable bonds is 6. The minimum absolute atomic E-state index is 1.11. The maximum absolute atomic E-state index is 2.39. The molecule has 0 amide bonds. The summed E-state index contributed by atoms with van der Waals surface area (Å²) in [6, 6.07) is 69.9. The highest BCUT2D eigenvalue weighted by atomic mass is 15.1. The minimum atomic E-state index is 1.11. The molecule has 0 atom stereocenters. The molecular weight excluding hydrogens is 581 g/mol. The Bertz CT molecular complexity index is 2430. The molecule has 0 saturated heterocycles. The Kier molecular flexibility index (Phi) is 6.84. The molecule has 48 heavy (non-hydrogen) atoms. The van der Waals surface area contributed by atoms with Crippen LogP contribution in [0.3, 0.4) is 0 Å². The molecule has 0 radical (unpaired) electrons. The number of hydrogen-bond acceptors (Lipinski definition) is 1. The van der Waals surface area contributed by atoms with Gasteiger partial charge in [-0.05, 0) is 99.8 Å². The zero-order chi connectivity index (χ0) is 31.9. The Balaban J connectivity index is 1.21. The molecule has 0 unspecified atom stereocenters. The van der Waals surface area contributed by atoms with E-state index in [9.17, 15) is 0 Å². The quantitative estimate of drug-likeness (QED) is 0.181. The SMILES string of the molecule is c1ccc(-c2ccc(N(c3ccc(-c4ccccc4)cc3)c3ccc4cc5c6ccccc6n(-c6ccccc6)c5cc4c3)cc2)cc1. The Hall–Kier alpha value is -6.38. The lowest BCUT2D eigenvalue weighted by molar-refractivity contribution is 1.18. The summed E-state index contributed by atoms with van der Waals surface area (Å²) < 4.78 is 2.39. The van der Waals surface area contributed by atoms with Gasteiger partial charge in [0.15, 0.2) is 0 Å². The molecule has 0 aliphatic rings. The third kappa shape index (κ3) is 4.92. The summed E-state index contributed by atoms with van der Waals surface area (Å²) in [5, 5.41) is 4.95. The van der Waals surface area contributed by atoms with Crippen LogP contribution in [0.15, 0.2) is 194 Å². The number of fused-ring (bicyclic) bond motifs is 4. The number of para-hydroxylation sites is 2. The van der Waals surface area contributed by atoms with Crippen LogP contribution in [0, 0.1) is 0 Å². The lowest BCUT2D eigenvalue weighted by Gasteiger charge is -2.26. The van der Waals surface area contributed by atoms with Gasteiger partial charge < -0.3 is 9.47 Å². The van der Waals surface area contributed by atoms with Gasteiger partial charge >= 0.3 is 0 Å². The molecule has 8 aromatic carbocycles. The van der Waals surface area contributed by atoms with Crippen molar-refractivity contribution in [3.63, 3.8) is 0 Å². The molecule has 0 saturated carbocycles. The zero-order valence-electron chi connectivity index (χ0n) is 26.4. The molecular formula is C46H32N2. The van der Waals surface area contributed by atoms with E-state index < -0.39 is 0 Å². The molecule has 0 bridgehead atoms. The fourth-order valence-corrected chi connectivity index (χ4v) is 7.01. The van der Waals surface area contributed by atoms with Crippen LogP contribution in [-0.2, 0) is 0 Å². The van der Waals surface area contributed by atoms with Gasteiger partial charge in [0.1, 0.15) is 0 Å². The molecule has 2 heteroatoms. The topological polar surface area (TPSA) is 8.17 Å². The van der Waals surface area contributed by atoms with Crippen LogP contribution in [0.1, 0.15) is 0 Å². The zero-order valence-corrected chi connectivity index (χ0v) is 26.4. The highest BCUT2D eigenvalue weighted by Gasteiger charge is 2.17. The van der Waals surface area contributed by atoms with Gasteiger partial charge in [0.25, 0.3) is 0 Å². The van der Waals surface area contributed by atoms with E-state index in [1.807, 2.05) is 0 Å². The first-order valence-corrected chi connectivity index (χ1v) is 16.4. The third-order valence-electron chi connectivity index (χ3n) is 9.35. The van der Waals surface area contributed by atoms with Crippen molar-refractivity contribution < 1.29 is 0 Å². The fourth-order valence-electron chi connectivity index (χ4n) is 7.01. The van der Waals surface area contributed by atoms with E-state index in [1.165, 1.54) is 54.8 Å². The van der Waals surface area contributed by atoms with Crippen LogP contribution in [0.2, 0.25) is 0 Å². The minimum Gasteiger partial charge on any atom is -0.310 e. The van der Waals surface area contributed by atoms with E-state index in [2.05, 4.69) is 204 Å².